The van der Waals surface area contributed by atoms with Crippen LogP contribution in [0.3, 0.4) is 0 Å². The number of anilines is 3. The lowest BCUT2D eigenvalue weighted by atomic mass is 10.0. The number of nitrogens with one attached hydrogen (secondary N) is 2. The standard InChI is InChI=1S/C18H23N3O/c1-13(2)16-7-5-6-8-17(16)20-18(22)19-14-9-11-15(12-10-14)21(3)4/h5-13H,1-4H3,(H2,19,20,22). The normalized spacial score (nSPS) is 10.4. The summed E-state index contributed by atoms with van der Waals surface area (Å²) in [4.78, 5) is 14.2. The van der Waals surface area contributed by atoms with Gasteiger partial charge in [0.15, 0.2) is 0 Å². The summed E-state index contributed by atoms with van der Waals surface area (Å²) in [6.07, 6.45) is 0. The van der Waals surface area contributed by atoms with Crippen molar-refractivity contribution in [3.63, 3.8) is 0 Å². The highest BCUT2D eigenvalue weighted by atomic mass is 16.2. The van der Waals surface area contributed by atoms with Gasteiger partial charge in [0.25, 0.3) is 0 Å². The van der Waals surface area contributed by atoms with Gasteiger partial charge in [0, 0.05) is 31.2 Å². The first kappa shape index (κ1) is 15.9. The Morgan fingerprint density at radius 2 is 1.59 bits per heavy atom. The molecule has 0 saturated carbocycles. The van der Waals surface area contributed by atoms with Crippen LogP contribution in [-0.2, 0) is 0 Å². The number of rotatable bonds is 4. The molecule has 0 heterocycles. The van der Waals surface area contributed by atoms with E-state index in [2.05, 4.69) is 24.5 Å². The maximum Gasteiger partial charge on any atom is 0.323 e. The maximum absolute atomic E-state index is 12.1. The molecule has 0 unspecified atom stereocenters. The van der Waals surface area contributed by atoms with Crippen molar-refractivity contribution in [1.29, 1.82) is 0 Å². The highest BCUT2D eigenvalue weighted by Gasteiger charge is 2.09. The van der Waals surface area contributed by atoms with Crippen LogP contribution in [0.5, 0.6) is 0 Å². The Balaban J connectivity index is 2.04. The van der Waals surface area contributed by atoms with Gasteiger partial charge in [-0.05, 0) is 41.8 Å². The van der Waals surface area contributed by atoms with Gasteiger partial charge in [-0.3, -0.25) is 0 Å². The quantitative estimate of drug-likeness (QED) is 0.871. The van der Waals surface area contributed by atoms with E-state index in [0.717, 1.165) is 22.6 Å². The Morgan fingerprint density at radius 1 is 0.955 bits per heavy atom. The van der Waals surface area contributed by atoms with Crippen LogP contribution in [-0.4, -0.2) is 20.1 Å². The summed E-state index contributed by atoms with van der Waals surface area (Å²) in [6.45, 7) is 4.22. The number of para-hydroxylation sites is 1. The largest absolute Gasteiger partial charge is 0.378 e. The van der Waals surface area contributed by atoms with E-state index in [0.29, 0.717) is 5.92 Å². The third-order valence-electron chi connectivity index (χ3n) is 3.47. The van der Waals surface area contributed by atoms with E-state index >= 15 is 0 Å². The fourth-order valence-corrected chi connectivity index (χ4v) is 2.24. The Hall–Kier alpha value is -2.49. The lowest BCUT2D eigenvalue weighted by Crippen LogP contribution is -2.20. The fraction of sp³-hybridized carbons (Fsp3) is 0.278. The van der Waals surface area contributed by atoms with Gasteiger partial charge in [0.05, 0.1) is 0 Å². The van der Waals surface area contributed by atoms with Crippen molar-refractivity contribution in [3.8, 4) is 0 Å². The smallest absolute Gasteiger partial charge is 0.323 e. The molecule has 116 valence electrons. The first-order valence-corrected chi connectivity index (χ1v) is 7.41. The minimum Gasteiger partial charge on any atom is -0.378 e. The molecule has 2 N–H and O–H groups in total. The van der Waals surface area contributed by atoms with E-state index in [-0.39, 0.29) is 6.03 Å². The van der Waals surface area contributed by atoms with Crippen LogP contribution in [0.2, 0.25) is 0 Å². The average Bonchev–Trinajstić information content (AvgIpc) is 2.48. The molecule has 2 aromatic carbocycles. The summed E-state index contributed by atoms with van der Waals surface area (Å²) >= 11 is 0. The van der Waals surface area contributed by atoms with Gasteiger partial charge < -0.3 is 15.5 Å². The van der Waals surface area contributed by atoms with Crippen LogP contribution in [0.25, 0.3) is 0 Å². The summed E-state index contributed by atoms with van der Waals surface area (Å²) in [6, 6.07) is 15.4. The van der Waals surface area contributed by atoms with Gasteiger partial charge in [-0.25, -0.2) is 4.79 Å². The zero-order valence-corrected chi connectivity index (χ0v) is 13.6. The molecule has 0 atom stereocenters. The van der Waals surface area contributed by atoms with E-state index in [1.165, 1.54) is 0 Å². The van der Waals surface area contributed by atoms with E-state index in [4.69, 9.17) is 0 Å². The number of amides is 2. The van der Waals surface area contributed by atoms with Crippen LogP contribution in [0.4, 0.5) is 21.9 Å². The molecule has 2 aromatic rings. The van der Waals surface area contributed by atoms with Gasteiger partial charge in [-0.2, -0.15) is 0 Å². The third kappa shape index (κ3) is 4.01. The molecule has 0 radical (unpaired) electrons. The van der Waals surface area contributed by atoms with E-state index in [9.17, 15) is 4.79 Å². The number of carbonyl (C=O) groups is 1. The number of benzene rings is 2. The molecule has 22 heavy (non-hydrogen) atoms. The molecule has 2 rings (SSSR count). The van der Waals surface area contributed by atoms with Gasteiger partial charge in [-0.15, -0.1) is 0 Å². The summed E-state index contributed by atoms with van der Waals surface area (Å²) in [5, 5.41) is 5.77. The molecule has 0 bridgehead atoms. The van der Waals surface area contributed by atoms with Crippen LogP contribution >= 0.6 is 0 Å². The molecule has 4 heteroatoms. The van der Waals surface area contributed by atoms with Crippen LogP contribution in [0.15, 0.2) is 48.5 Å². The van der Waals surface area contributed by atoms with E-state index in [1.54, 1.807) is 0 Å². The number of carbonyl (C=O) groups excluding carboxylic acids is 1. The first-order chi connectivity index (χ1) is 10.5. The molecule has 2 amide bonds. The Bertz CT molecular complexity index is 633. The van der Waals surface area contributed by atoms with Crippen molar-refractivity contribution in [1.82, 2.24) is 0 Å². The molecule has 0 aliphatic rings. The second-order valence-electron chi connectivity index (χ2n) is 5.76. The van der Waals surface area contributed by atoms with Gasteiger partial charge in [-0.1, -0.05) is 32.0 Å². The highest BCUT2D eigenvalue weighted by Crippen LogP contribution is 2.24. The molecular formula is C18H23N3O. The summed E-state index contributed by atoms with van der Waals surface area (Å²) in [7, 11) is 3.97. The second-order valence-corrected chi connectivity index (χ2v) is 5.76. The third-order valence-corrected chi connectivity index (χ3v) is 3.47. The predicted molar refractivity (Wildman–Crippen MR) is 93.9 cm³/mol. The number of hydrogen-bond acceptors (Lipinski definition) is 2. The maximum atomic E-state index is 12.1. The molecule has 0 fully saturated rings. The summed E-state index contributed by atoms with van der Waals surface area (Å²) in [5.41, 5.74) is 3.83. The summed E-state index contributed by atoms with van der Waals surface area (Å²) < 4.78 is 0. The summed E-state index contributed by atoms with van der Waals surface area (Å²) in [5.74, 6) is 0.357. The monoisotopic (exact) mass is 297 g/mol. The zero-order valence-electron chi connectivity index (χ0n) is 13.6. The zero-order chi connectivity index (χ0) is 16.1. The molecule has 4 nitrogen and oxygen atoms in total. The van der Waals surface area contributed by atoms with E-state index < -0.39 is 0 Å². The topological polar surface area (TPSA) is 44.4 Å². The minimum absolute atomic E-state index is 0.231. The van der Waals surface area contributed by atoms with Crippen LogP contribution < -0.4 is 15.5 Å². The molecule has 0 saturated heterocycles. The van der Waals surface area contributed by atoms with Crippen molar-refractivity contribution < 1.29 is 4.79 Å². The molecular weight excluding hydrogens is 274 g/mol. The van der Waals surface area contributed by atoms with Gasteiger partial charge in [0.2, 0.25) is 0 Å². The van der Waals surface area contributed by atoms with Crippen molar-refractivity contribution in [2.45, 2.75) is 19.8 Å². The number of hydrogen-bond donors (Lipinski definition) is 2. The van der Waals surface area contributed by atoms with Crippen LogP contribution in [0, 0.1) is 0 Å². The number of nitrogens with zero attached hydrogens (tertiary/aromatic N) is 1. The molecule has 0 spiro atoms. The second kappa shape index (κ2) is 6.98. The van der Waals surface area contributed by atoms with Gasteiger partial charge in [0.1, 0.15) is 0 Å². The average molecular weight is 297 g/mol. The van der Waals surface area contributed by atoms with Crippen molar-refractivity contribution in [3.05, 3.63) is 54.1 Å². The number of urea groups is 1. The van der Waals surface area contributed by atoms with E-state index in [1.807, 2.05) is 67.5 Å². The predicted octanol–water partition coefficient (Wildman–Crippen LogP) is 4.52. The van der Waals surface area contributed by atoms with Gasteiger partial charge >= 0.3 is 6.03 Å². The van der Waals surface area contributed by atoms with Crippen molar-refractivity contribution >= 4 is 23.1 Å². The fourth-order valence-electron chi connectivity index (χ4n) is 2.24. The molecule has 0 aromatic heterocycles. The van der Waals surface area contributed by atoms with Crippen molar-refractivity contribution in [2.75, 3.05) is 29.6 Å². The lowest BCUT2D eigenvalue weighted by Gasteiger charge is -2.15. The van der Waals surface area contributed by atoms with Crippen molar-refractivity contribution in [2.24, 2.45) is 0 Å². The first-order valence-electron chi connectivity index (χ1n) is 7.41. The lowest BCUT2D eigenvalue weighted by molar-refractivity contribution is 0.262. The Kier molecular flexibility index (Phi) is 5.04. The highest BCUT2D eigenvalue weighted by molar-refractivity contribution is 6.00. The molecule has 0 aliphatic carbocycles. The SMILES string of the molecule is CC(C)c1ccccc1NC(=O)Nc1ccc(N(C)C)cc1. The Morgan fingerprint density at radius 3 is 2.18 bits per heavy atom. The molecule has 0 aliphatic heterocycles. The van der Waals surface area contributed by atoms with Crippen LogP contribution in [0.1, 0.15) is 25.3 Å². The minimum atomic E-state index is -0.231. The Labute approximate surface area is 132 Å².